The van der Waals surface area contributed by atoms with E-state index in [-0.39, 0.29) is 12.1 Å². The van der Waals surface area contributed by atoms with Gasteiger partial charge in [-0.3, -0.25) is 0 Å². The lowest BCUT2D eigenvalue weighted by molar-refractivity contribution is 0.200. The molecule has 1 aromatic rings. The van der Waals surface area contributed by atoms with Gasteiger partial charge >= 0.3 is 6.03 Å². The van der Waals surface area contributed by atoms with Gasteiger partial charge in [-0.15, -0.1) is 0 Å². The van der Waals surface area contributed by atoms with Crippen molar-refractivity contribution in [2.75, 3.05) is 13.1 Å². The molecule has 2 amide bonds. The van der Waals surface area contributed by atoms with Crippen LogP contribution < -0.4 is 5.32 Å². The summed E-state index contributed by atoms with van der Waals surface area (Å²) >= 11 is 0. The molecular weight excluding hydrogens is 200 g/mol. The first-order valence-electron chi connectivity index (χ1n) is 5.79. The highest BCUT2D eigenvalue weighted by Gasteiger charge is 2.12. The zero-order chi connectivity index (χ0) is 12.0. The second-order valence-electron chi connectivity index (χ2n) is 3.75. The number of urea groups is 1. The normalized spacial score (nSPS) is 11.9. The summed E-state index contributed by atoms with van der Waals surface area (Å²) in [6.07, 6.45) is 0. The minimum atomic E-state index is 0.00125. The Morgan fingerprint density at radius 2 is 1.81 bits per heavy atom. The van der Waals surface area contributed by atoms with E-state index in [2.05, 4.69) is 5.32 Å². The molecule has 0 radical (unpaired) electrons. The maximum atomic E-state index is 11.8. The van der Waals surface area contributed by atoms with Crippen molar-refractivity contribution in [2.45, 2.75) is 26.8 Å². The number of amides is 2. The van der Waals surface area contributed by atoms with Gasteiger partial charge in [-0.05, 0) is 26.3 Å². The molecule has 1 unspecified atom stereocenters. The van der Waals surface area contributed by atoms with Gasteiger partial charge in [-0.1, -0.05) is 30.3 Å². The van der Waals surface area contributed by atoms with Gasteiger partial charge in [-0.25, -0.2) is 4.79 Å². The fourth-order valence-corrected chi connectivity index (χ4v) is 1.61. The Kier molecular flexibility index (Phi) is 4.83. The third-order valence-electron chi connectivity index (χ3n) is 2.69. The van der Waals surface area contributed by atoms with Crippen LogP contribution in [0.1, 0.15) is 32.4 Å². The van der Waals surface area contributed by atoms with Crippen LogP contribution in [-0.2, 0) is 0 Å². The van der Waals surface area contributed by atoms with Gasteiger partial charge in [0.25, 0.3) is 0 Å². The van der Waals surface area contributed by atoms with Crippen molar-refractivity contribution < 1.29 is 4.79 Å². The number of rotatable bonds is 4. The van der Waals surface area contributed by atoms with Gasteiger partial charge in [0, 0.05) is 13.1 Å². The Balaban J connectivity index is 2.58. The SMILES string of the molecule is CCN(CC)C(=O)NC(C)c1ccccc1. The highest BCUT2D eigenvalue weighted by atomic mass is 16.2. The molecule has 0 aliphatic heterocycles. The van der Waals surface area contributed by atoms with E-state index in [1.165, 1.54) is 0 Å². The van der Waals surface area contributed by atoms with Crippen molar-refractivity contribution in [1.82, 2.24) is 10.2 Å². The zero-order valence-electron chi connectivity index (χ0n) is 10.2. The predicted molar refractivity (Wildman–Crippen MR) is 66.3 cm³/mol. The monoisotopic (exact) mass is 220 g/mol. The maximum absolute atomic E-state index is 11.8. The largest absolute Gasteiger partial charge is 0.331 e. The summed E-state index contributed by atoms with van der Waals surface area (Å²) in [6.45, 7) is 7.44. The van der Waals surface area contributed by atoms with E-state index < -0.39 is 0 Å². The fraction of sp³-hybridized carbons (Fsp3) is 0.462. The number of hydrogen-bond acceptors (Lipinski definition) is 1. The van der Waals surface area contributed by atoms with Crippen molar-refractivity contribution in [3.8, 4) is 0 Å². The van der Waals surface area contributed by atoms with Crippen LogP contribution in [0.5, 0.6) is 0 Å². The first kappa shape index (κ1) is 12.6. The lowest BCUT2D eigenvalue weighted by Crippen LogP contribution is -2.40. The summed E-state index contributed by atoms with van der Waals surface area (Å²) < 4.78 is 0. The second kappa shape index (κ2) is 6.16. The lowest BCUT2D eigenvalue weighted by Gasteiger charge is -2.22. The third kappa shape index (κ3) is 3.26. The van der Waals surface area contributed by atoms with E-state index in [0.29, 0.717) is 0 Å². The van der Waals surface area contributed by atoms with E-state index in [9.17, 15) is 4.79 Å². The van der Waals surface area contributed by atoms with Gasteiger partial charge in [0.1, 0.15) is 0 Å². The van der Waals surface area contributed by atoms with Crippen LogP contribution >= 0.6 is 0 Å². The molecule has 0 aliphatic carbocycles. The average Bonchev–Trinajstić information content (AvgIpc) is 2.31. The molecule has 88 valence electrons. The standard InChI is InChI=1S/C13H20N2O/c1-4-15(5-2)13(16)14-11(3)12-9-7-6-8-10-12/h6-11H,4-5H2,1-3H3,(H,14,16). The summed E-state index contributed by atoms with van der Waals surface area (Å²) in [5.74, 6) is 0. The molecule has 0 aromatic heterocycles. The van der Waals surface area contributed by atoms with Crippen LogP contribution in [0.3, 0.4) is 0 Å². The highest BCUT2D eigenvalue weighted by molar-refractivity contribution is 5.74. The molecule has 16 heavy (non-hydrogen) atoms. The van der Waals surface area contributed by atoms with Crippen molar-refractivity contribution in [3.05, 3.63) is 35.9 Å². The molecular formula is C13H20N2O. The topological polar surface area (TPSA) is 32.3 Å². The van der Waals surface area contributed by atoms with Gasteiger partial charge in [0.05, 0.1) is 6.04 Å². The van der Waals surface area contributed by atoms with Crippen molar-refractivity contribution in [2.24, 2.45) is 0 Å². The number of nitrogens with zero attached hydrogens (tertiary/aromatic N) is 1. The minimum Gasteiger partial charge on any atom is -0.331 e. The Labute approximate surface area is 97.5 Å². The zero-order valence-corrected chi connectivity index (χ0v) is 10.2. The van der Waals surface area contributed by atoms with Gasteiger partial charge < -0.3 is 10.2 Å². The minimum absolute atomic E-state index is 0.00125. The summed E-state index contributed by atoms with van der Waals surface area (Å²) in [7, 11) is 0. The highest BCUT2D eigenvalue weighted by Crippen LogP contribution is 2.11. The summed E-state index contributed by atoms with van der Waals surface area (Å²) in [4.78, 5) is 13.6. The van der Waals surface area contributed by atoms with E-state index in [1.54, 1.807) is 4.90 Å². The van der Waals surface area contributed by atoms with Gasteiger partial charge in [0.2, 0.25) is 0 Å². The maximum Gasteiger partial charge on any atom is 0.317 e. The Morgan fingerprint density at radius 1 is 1.25 bits per heavy atom. The van der Waals surface area contributed by atoms with E-state index in [4.69, 9.17) is 0 Å². The summed E-state index contributed by atoms with van der Waals surface area (Å²) in [5.41, 5.74) is 1.13. The number of carbonyl (C=O) groups excluding carboxylic acids is 1. The summed E-state index contributed by atoms with van der Waals surface area (Å²) in [6, 6.07) is 10.0. The van der Waals surface area contributed by atoms with Crippen LogP contribution in [0, 0.1) is 0 Å². The molecule has 1 atom stereocenters. The van der Waals surface area contributed by atoms with Crippen LogP contribution in [-0.4, -0.2) is 24.0 Å². The van der Waals surface area contributed by atoms with Crippen LogP contribution in [0.4, 0.5) is 4.79 Å². The van der Waals surface area contributed by atoms with Gasteiger partial charge in [-0.2, -0.15) is 0 Å². The average molecular weight is 220 g/mol. The fourth-order valence-electron chi connectivity index (χ4n) is 1.61. The molecule has 0 bridgehead atoms. The molecule has 0 saturated carbocycles. The van der Waals surface area contributed by atoms with E-state index in [1.807, 2.05) is 51.1 Å². The van der Waals surface area contributed by atoms with E-state index >= 15 is 0 Å². The quantitative estimate of drug-likeness (QED) is 0.831. The first-order chi connectivity index (χ1) is 7.69. The molecule has 0 saturated heterocycles. The Hall–Kier alpha value is -1.51. The van der Waals surface area contributed by atoms with Crippen LogP contribution in [0.25, 0.3) is 0 Å². The predicted octanol–water partition coefficient (Wildman–Crippen LogP) is 2.80. The Morgan fingerprint density at radius 3 is 2.31 bits per heavy atom. The molecule has 3 heteroatoms. The smallest absolute Gasteiger partial charge is 0.317 e. The third-order valence-corrected chi connectivity index (χ3v) is 2.69. The number of carbonyl (C=O) groups is 1. The Bertz CT molecular complexity index is 320. The second-order valence-corrected chi connectivity index (χ2v) is 3.75. The van der Waals surface area contributed by atoms with Crippen molar-refractivity contribution in [1.29, 1.82) is 0 Å². The lowest BCUT2D eigenvalue weighted by atomic mass is 10.1. The van der Waals surface area contributed by atoms with E-state index in [0.717, 1.165) is 18.7 Å². The van der Waals surface area contributed by atoms with Crippen LogP contribution in [0.15, 0.2) is 30.3 Å². The number of benzene rings is 1. The van der Waals surface area contributed by atoms with Crippen LogP contribution in [0.2, 0.25) is 0 Å². The molecule has 0 heterocycles. The molecule has 3 nitrogen and oxygen atoms in total. The van der Waals surface area contributed by atoms with Crippen molar-refractivity contribution >= 4 is 6.03 Å². The summed E-state index contributed by atoms with van der Waals surface area (Å²) in [5, 5.41) is 2.99. The number of nitrogens with one attached hydrogen (secondary N) is 1. The molecule has 0 spiro atoms. The molecule has 0 fully saturated rings. The molecule has 1 aromatic carbocycles. The molecule has 1 N–H and O–H groups in total. The van der Waals surface area contributed by atoms with Crippen molar-refractivity contribution in [3.63, 3.8) is 0 Å². The number of hydrogen-bond donors (Lipinski definition) is 1. The molecule has 0 aliphatic rings. The van der Waals surface area contributed by atoms with Gasteiger partial charge in [0.15, 0.2) is 0 Å². The first-order valence-corrected chi connectivity index (χ1v) is 5.79. The molecule has 1 rings (SSSR count).